The number of phenols is 1. The van der Waals surface area contributed by atoms with E-state index < -0.39 is 0 Å². The van der Waals surface area contributed by atoms with Gasteiger partial charge in [-0.1, -0.05) is 31.9 Å². The number of benzene rings is 1. The predicted molar refractivity (Wildman–Crippen MR) is 71.5 cm³/mol. The number of hydrogen-bond acceptors (Lipinski definition) is 3. The van der Waals surface area contributed by atoms with Crippen molar-refractivity contribution in [2.24, 2.45) is 5.92 Å². The van der Waals surface area contributed by atoms with E-state index in [9.17, 15) is 9.90 Å². The smallest absolute Gasteiger partial charge is 0.305 e. The van der Waals surface area contributed by atoms with Crippen LogP contribution < -0.4 is 0 Å². The largest absolute Gasteiger partial charge is 0.508 e. The molecule has 0 saturated heterocycles. The zero-order valence-electron chi connectivity index (χ0n) is 11.2. The Hall–Kier alpha value is -1.51. The van der Waals surface area contributed by atoms with E-state index >= 15 is 0 Å². The van der Waals surface area contributed by atoms with Gasteiger partial charge in [-0.2, -0.15) is 0 Å². The molecule has 3 heteroatoms. The van der Waals surface area contributed by atoms with Gasteiger partial charge in [-0.15, -0.1) is 0 Å². The van der Waals surface area contributed by atoms with Crippen molar-refractivity contribution in [2.45, 2.75) is 39.0 Å². The van der Waals surface area contributed by atoms with Gasteiger partial charge < -0.3 is 9.84 Å². The highest BCUT2D eigenvalue weighted by atomic mass is 16.5. The number of phenolic OH excluding ortho intramolecular Hbond substituents is 1. The zero-order valence-corrected chi connectivity index (χ0v) is 11.2. The van der Waals surface area contributed by atoms with Gasteiger partial charge in [0.05, 0.1) is 7.11 Å². The Morgan fingerprint density at radius 3 is 2.78 bits per heavy atom. The fraction of sp³-hybridized carbons (Fsp3) is 0.533. The molecule has 100 valence electrons. The lowest BCUT2D eigenvalue weighted by Crippen LogP contribution is -2.09. The molecule has 0 bridgehead atoms. The molecule has 1 aromatic carbocycles. The maximum atomic E-state index is 11.2. The normalized spacial score (nSPS) is 12.1. The number of carbonyl (C=O) groups excluding carboxylic acids is 1. The van der Waals surface area contributed by atoms with Crippen LogP contribution in [0, 0.1) is 5.92 Å². The van der Waals surface area contributed by atoms with Crippen LogP contribution >= 0.6 is 0 Å². The van der Waals surface area contributed by atoms with Crippen LogP contribution in [-0.4, -0.2) is 18.2 Å². The predicted octanol–water partition coefficient (Wildman–Crippen LogP) is 3.30. The van der Waals surface area contributed by atoms with E-state index in [1.54, 1.807) is 12.1 Å². The SMILES string of the molecule is CCC[C@H](CCC(=O)OC)Cc1cccc(O)c1. The maximum absolute atomic E-state index is 11.2. The number of ether oxygens (including phenoxy) is 1. The van der Waals surface area contributed by atoms with E-state index in [1.807, 2.05) is 12.1 Å². The molecule has 0 saturated carbocycles. The summed E-state index contributed by atoms with van der Waals surface area (Å²) in [6.45, 7) is 2.15. The lowest BCUT2D eigenvalue weighted by molar-refractivity contribution is -0.140. The van der Waals surface area contributed by atoms with Crippen LogP contribution in [0.15, 0.2) is 24.3 Å². The highest BCUT2D eigenvalue weighted by molar-refractivity contribution is 5.69. The van der Waals surface area contributed by atoms with Crippen molar-refractivity contribution in [3.63, 3.8) is 0 Å². The minimum absolute atomic E-state index is 0.146. The van der Waals surface area contributed by atoms with E-state index in [2.05, 4.69) is 11.7 Å². The summed E-state index contributed by atoms with van der Waals surface area (Å²) in [6.07, 6.45) is 4.41. The lowest BCUT2D eigenvalue weighted by Gasteiger charge is -2.15. The Labute approximate surface area is 109 Å². The van der Waals surface area contributed by atoms with Crippen molar-refractivity contribution in [1.29, 1.82) is 0 Å². The summed E-state index contributed by atoms with van der Waals surface area (Å²) in [5.74, 6) is 0.624. The molecule has 0 heterocycles. The number of aromatic hydroxyl groups is 1. The van der Waals surface area contributed by atoms with E-state index in [-0.39, 0.29) is 5.97 Å². The first-order chi connectivity index (χ1) is 8.65. The molecule has 0 amide bonds. The molecular weight excluding hydrogens is 228 g/mol. The summed E-state index contributed by atoms with van der Waals surface area (Å²) in [6, 6.07) is 7.34. The molecule has 0 unspecified atom stereocenters. The Bertz CT molecular complexity index is 374. The van der Waals surface area contributed by atoms with Gasteiger partial charge in [0.15, 0.2) is 0 Å². The first-order valence-electron chi connectivity index (χ1n) is 6.50. The molecule has 0 aliphatic heterocycles. The summed E-state index contributed by atoms with van der Waals surface area (Å²) in [5.41, 5.74) is 1.12. The van der Waals surface area contributed by atoms with Crippen molar-refractivity contribution in [2.75, 3.05) is 7.11 Å². The van der Waals surface area contributed by atoms with Gasteiger partial charge in [0, 0.05) is 6.42 Å². The lowest BCUT2D eigenvalue weighted by atomic mass is 9.91. The second-order valence-corrected chi connectivity index (χ2v) is 4.64. The van der Waals surface area contributed by atoms with Gasteiger partial charge in [0.2, 0.25) is 0 Å². The number of esters is 1. The quantitative estimate of drug-likeness (QED) is 0.755. The highest BCUT2D eigenvalue weighted by Gasteiger charge is 2.12. The third kappa shape index (κ3) is 5.21. The van der Waals surface area contributed by atoms with Crippen LogP contribution in [0.4, 0.5) is 0 Å². The first-order valence-corrected chi connectivity index (χ1v) is 6.50. The van der Waals surface area contributed by atoms with Crippen molar-refractivity contribution < 1.29 is 14.6 Å². The van der Waals surface area contributed by atoms with Gasteiger partial charge in [-0.05, 0) is 36.5 Å². The molecule has 1 N–H and O–H groups in total. The van der Waals surface area contributed by atoms with Gasteiger partial charge >= 0.3 is 5.97 Å². The topological polar surface area (TPSA) is 46.5 Å². The molecule has 0 aromatic heterocycles. The number of methoxy groups -OCH3 is 1. The van der Waals surface area contributed by atoms with Crippen LogP contribution in [0.25, 0.3) is 0 Å². The standard InChI is InChI=1S/C15H22O3/c1-3-5-12(8-9-15(17)18-2)10-13-6-4-7-14(16)11-13/h4,6-7,11-12,16H,3,5,8-10H2,1-2H3/t12-/m1/s1. The molecular formula is C15H22O3. The second kappa shape index (κ2) is 7.75. The summed E-state index contributed by atoms with van der Waals surface area (Å²) in [5, 5.41) is 9.44. The zero-order chi connectivity index (χ0) is 13.4. The third-order valence-corrected chi connectivity index (χ3v) is 3.12. The van der Waals surface area contributed by atoms with Crippen molar-refractivity contribution >= 4 is 5.97 Å². The minimum Gasteiger partial charge on any atom is -0.508 e. The second-order valence-electron chi connectivity index (χ2n) is 4.64. The first kappa shape index (κ1) is 14.6. The Morgan fingerprint density at radius 2 is 2.17 bits per heavy atom. The molecule has 0 fully saturated rings. The van der Waals surface area contributed by atoms with Crippen LogP contribution in [0.1, 0.15) is 38.2 Å². The highest BCUT2D eigenvalue weighted by Crippen LogP contribution is 2.21. The summed E-state index contributed by atoms with van der Waals surface area (Å²) in [7, 11) is 1.42. The molecule has 0 spiro atoms. The average Bonchev–Trinajstić information content (AvgIpc) is 2.36. The van der Waals surface area contributed by atoms with Crippen LogP contribution in [-0.2, 0) is 16.0 Å². The van der Waals surface area contributed by atoms with E-state index in [1.165, 1.54) is 7.11 Å². The molecule has 0 radical (unpaired) electrons. The Balaban J connectivity index is 2.54. The van der Waals surface area contributed by atoms with E-state index in [0.29, 0.717) is 18.1 Å². The molecule has 3 nitrogen and oxygen atoms in total. The Kier molecular flexibility index (Phi) is 6.26. The average molecular weight is 250 g/mol. The molecule has 0 aliphatic rings. The molecule has 1 atom stereocenters. The summed E-state index contributed by atoms with van der Waals surface area (Å²) >= 11 is 0. The molecule has 1 aromatic rings. The maximum Gasteiger partial charge on any atom is 0.305 e. The number of rotatable bonds is 7. The minimum atomic E-state index is -0.146. The fourth-order valence-corrected chi connectivity index (χ4v) is 2.20. The van der Waals surface area contributed by atoms with E-state index in [4.69, 9.17) is 0 Å². The molecule has 18 heavy (non-hydrogen) atoms. The van der Waals surface area contributed by atoms with Crippen LogP contribution in [0.3, 0.4) is 0 Å². The van der Waals surface area contributed by atoms with Gasteiger partial charge in [0.1, 0.15) is 5.75 Å². The molecule has 0 aliphatic carbocycles. The Morgan fingerprint density at radius 1 is 1.39 bits per heavy atom. The number of hydrogen-bond donors (Lipinski definition) is 1. The van der Waals surface area contributed by atoms with Gasteiger partial charge in [-0.3, -0.25) is 4.79 Å². The van der Waals surface area contributed by atoms with Crippen LogP contribution in [0.5, 0.6) is 5.75 Å². The fourth-order valence-electron chi connectivity index (χ4n) is 2.20. The van der Waals surface area contributed by atoms with E-state index in [0.717, 1.165) is 31.2 Å². The van der Waals surface area contributed by atoms with Crippen molar-refractivity contribution in [1.82, 2.24) is 0 Å². The summed E-state index contributed by atoms with van der Waals surface area (Å²) < 4.78 is 4.67. The third-order valence-electron chi connectivity index (χ3n) is 3.12. The van der Waals surface area contributed by atoms with Gasteiger partial charge in [-0.25, -0.2) is 0 Å². The van der Waals surface area contributed by atoms with Gasteiger partial charge in [0.25, 0.3) is 0 Å². The van der Waals surface area contributed by atoms with Crippen LogP contribution in [0.2, 0.25) is 0 Å². The summed E-state index contributed by atoms with van der Waals surface area (Å²) in [4.78, 5) is 11.2. The van der Waals surface area contributed by atoms with Crippen molar-refractivity contribution in [3.05, 3.63) is 29.8 Å². The van der Waals surface area contributed by atoms with Crippen molar-refractivity contribution in [3.8, 4) is 5.75 Å². The monoisotopic (exact) mass is 250 g/mol. The number of carbonyl (C=O) groups is 1. The molecule has 1 rings (SSSR count).